The summed E-state index contributed by atoms with van der Waals surface area (Å²) >= 11 is 0. The van der Waals surface area contributed by atoms with E-state index in [4.69, 9.17) is 9.47 Å². The van der Waals surface area contributed by atoms with Gasteiger partial charge in [0.15, 0.2) is 0 Å². The smallest absolute Gasteiger partial charge is 0.410 e. The molecule has 0 spiro atoms. The Hall–Kier alpha value is -3.51. The molecule has 0 aromatic heterocycles. The maximum Gasteiger partial charge on any atom is 0.410 e. The first-order chi connectivity index (χ1) is 17.0. The van der Waals surface area contributed by atoms with Crippen LogP contribution in [0.4, 0.5) is 16.2 Å². The van der Waals surface area contributed by atoms with E-state index in [-0.39, 0.29) is 30.6 Å². The first-order valence-corrected chi connectivity index (χ1v) is 12.3. The number of carbonyl (C=O) groups excluding carboxylic acids is 3. The third-order valence-electron chi connectivity index (χ3n) is 6.50. The molecule has 1 N–H and O–H groups in total. The number of benzene rings is 1. The van der Waals surface area contributed by atoms with Crippen molar-refractivity contribution in [1.82, 2.24) is 10.2 Å². The van der Waals surface area contributed by atoms with E-state index < -0.39 is 11.6 Å². The molecule has 9 heteroatoms. The van der Waals surface area contributed by atoms with Crippen molar-refractivity contribution in [2.45, 2.75) is 64.2 Å². The van der Waals surface area contributed by atoms with E-state index in [9.17, 15) is 14.4 Å². The van der Waals surface area contributed by atoms with Crippen molar-refractivity contribution in [3.05, 3.63) is 36.2 Å². The normalized spacial score (nSPS) is 20.6. The SMILES string of the molecule is C=C1N(C)c2c(C#CCOC3CCN(C(=O)OC(C)(C)C)CC3)cccc2N1C1CCC(=O)NC1=O. The fourth-order valence-corrected chi connectivity index (χ4v) is 4.71. The highest BCUT2D eigenvalue weighted by Gasteiger charge is 2.40. The second-order valence-corrected chi connectivity index (χ2v) is 10.3. The van der Waals surface area contributed by atoms with Gasteiger partial charge in [0.1, 0.15) is 24.1 Å². The van der Waals surface area contributed by atoms with E-state index in [1.165, 1.54) is 0 Å². The monoisotopic (exact) mass is 494 g/mol. The number of ether oxygens (including phenoxy) is 2. The van der Waals surface area contributed by atoms with Crippen molar-refractivity contribution >= 4 is 29.3 Å². The number of anilines is 2. The van der Waals surface area contributed by atoms with Gasteiger partial charge in [0.25, 0.3) is 0 Å². The number of nitrogens with one attached hydrogen (secondary N) is 1. The zero-order valence-electron chi connectivity index (χ0n) is 21.4. The standard InChI is InChI=1S/C27H34N4O5/c1-18-29(5)24-19(8-6-10-21(24)31(18)22-11-12-23(32)28-25(22)33)9-7-17-35-20-13-15-30(16-14-20)26(34)36-27(2,3)4/h6,8,10,20,22H,1,11-17H2,2-5H3,(H,28,32,33). The van der Waals surface area contributed by atoms with Gasteiger partial charge < -0.3 is 24.2 Å². The lowest BCUT2D eigenvalue weighted by atomic mass is 10.0. The molecular weight excluding hydrogens is 460 g/mol. The molecule has 3 aliphatic heterocycles. The molecule has 0 radical (unpaired) electrons. The lowest BCUT2D eigenvalue weighted by Gasteiger charge is -2.33. The molecular formula is C27H34N4O5. The molecule has 1 aromatic carbocycles. The first kappa shape index (κ1) is 25.6. The molecule has 0 aliphatic carbocycles. The Morgan fingerprint density at radius 3 is 2.58 bits per heavy atom. The van der Waals surface area contributed by atoms with Gasteiger partial charge in [0, 0.05) is 26.6 Å². The van der Waals surface area contributed by atoms with Crippen LogP contribution in [-0.2, 0) is 19.1 Å². The third kappa shape index (κ3) is 5.49. The summed E-state index contributed by atoms with van der Waals surface area (Å²) in [5, 5.41) is 2.43. The molecule has 3 heterocycles. The fraction of sp³-hybridized carbons (Fsp3) is 0.519. The Balaban J connectivity index is 1.37. The van der Waals surface area contributed by atoms with Crippen molar-refractivity contribution in [2.75, 3.05) is 36.5 Å². The second kappa shape index (κ2) is 10.2. The van der Waals surface area contributed by atoms with Gasteiger partial charge in [0.05, 0.1) is 23.0 Å². The third-order valence-corrected chi connectivity index (χ3v) is 6.50. The molecule has 9 nitrogen and oxygen atoms in total. The molecule has 36 heavy (non-hydrogen) atoms. The van der Waals surface area contributed by atoms with Crippen LogP contribution >= 0.6 is 0 Å². The molecule has 1 unspecified atom stereocenters. The van der Waals surface area contributed by atoms with Crippen LogP contribution in [0.25, 0.3) is 0 Å². The highest BCUT2D eigenvalue weighted by atomic mass is 16.6. The van der Waals surface area contributed by atoms with Crippen molar-refractivity contribution in [2.24, 2.45) is 0 Å². The van der Waals surface area contributed by atoms with Gasteiger partial charge in [-0.1, -0.05) is 24.5 Å². The molecule has 192 valence electrons. The minimum atomic E-state index is -0.503. The van der Waals surface area contributed by atoms with E-state index in [2.05, 4.69) is 23.7 Å². The van der Waals surface area contributed by atoms with Crippen LogP contribution in [0.2, 0.25) is 0 Å². The van der Waals surface area contributed by atoms with Crippen molar-refractivity contribution in [1.29, 1.82) is 0 Å². The number of para-hydroxylation sites is 1. The van der Waals surface area contributed by atoms with Crippen molar-refractivity contribution in [3.63, 3.8) is 0 Å². The van der Waals surface area contributed by atoms with Gasteiger partial charge in [0.2, 0.25) is 11.8 Å². The number of piperidine rings is 2. The molecule has 3 aliphatic rings. The molecule has 0 saturated carbocycles. The van der Waals surface area contributed by atoms with E-state index in [0.29, 0.717) is 31.8 Å². The zero-order valence-corrected chi connectivity index (χ0v) is 21.4. The number of hydrogen-bond acceptors (Lipinski definition) is 7. The van der Waals surface area contributed by atoms with E-state index in [1.54, 1.807) is 4.90 Å². The summed E-state index contributed by atoms with van der Waals surface area (Å²) in [5.74, 6) is 6.43. The molecule has 3 amide bonds. The van der Waals surface area contributed by atoms with E-state index in [1.807, 2.05) is 55.8 Å². The Labute approximate surface area is 212 Å². The lowest BCUT2D eigenvalue weighted by Crippen LogP contribution is -2.52. The molecule has 0 bridgehead atoms. The number of imide groups is 1. The maximum absolute atomic E-state index is 12.5. The Kier molecular flexibility index (Phi) is 7.27. The number of hydrogen-bond donors (Lipinski definition) is 1. The highest BCUT2D eigenvalue weighted by molar-refractivity contribution is 6.03. The summed E-state index contributed by atoms with van der Waals surface area (Å²) < 4.78 is 11.4. The molecule has 2 fully saturated rings. The largest absolute Gasteiger partial charge is 0.444 e. The van der Waals surface area contributed by atoms with Gasteiger partial charge in [-0.25, -0.2) is 4.79 Å². The summed E-state index contributed by atoms with van der Waals surface area (Å²) in [6, 6.07) is 5.29. The van der Waals surface area contributed by atoms with Crippen molar-refractivity contribution < 1.29 is 23.9 Å². The number of nitrogens with zero attached hydrogens (tertiary/aromatic N) is 3. The summed E-state index contributed by atoms with van der Waals surface area (Å²) in [6.45, 7) is 11.2. The van der Waals surface area contributed by atoms with Crippen LogP contribution in [0.15, 0.2) is 30.6 Å². The van der Waals surface area contributed by atoms with Crippen LogP contribution in [-0.4, -0.2) is 67.3 Å². The Morgan fingerprint density at radius 1 is 1.19 bits per heavy atom. The highest BCUT2D eigenvalue weighted by Crippen LogP contribution is 2.44. The molecule has 1 aromatic rings. The average molecular weight is 495 g/mol. The number of amides is 3. The van der Waals surface area contributed by atoms with Gasteiger partial charge in [-0.3, -0.25) is 14.9 Å². The van der Waals surface area contributed by atoms with Crippen molar-refractivity contribution in [3.8, 4) is 11.8 Å². The summed E-state index contributed by atoms with van der Waals surface area (Å²) in [4.78, 5) is 41.9. The quantitative estimate of drug-likeness (QED) is 0.510. The minimum Gasteiger partial charge on any atom is -0.444 e. The lowest BCUT2D eigenvalue weighted by molar-refractivity contribution is -0.134. The predicted molar refractivity (Wildman–Crippen MR) is 136 cm³/mol. The zero-order chi connectivity index (χ0) is 26.0. The summed E-state index contributed by atoms with van der Waals surface area (Å²) in [6.07, 6.45) is 1.98. The predicted octanol–water partition coefficient (Wildman–Crippen LogP) is 2.99. The van der Waals surface area contributed by atoms with Crippen LogP contribution in [0.1, 0.15) is 52.0 Å². The molecule has 4 rings (SSSR count). The Morgan fingerprint density at radius 2 is 1.92 bits per heavy atom. The van der Waals surface area contributed by atoms with Gasteiger partial charge in [-0.2, -0.15) is 0 Å². The van der Waals surface area contributed by atoms with Gasteiger partial charge >= 0.3 is 6.09 Å². The fourth-order valence-electron chi connectivity index (χ4n) is 4.71. The number of carbonyl (C=O) groups is 3. The minimum absolute atomic E-state index is 0.0462. The topological polar surface area (TPSA) is 91.4 Å². The van der Waals surface area contributed by atoms with Crippen LogP contribution in [0.5, 0.6) is 0 Å². The van der Waals surface area contributed by atoms with Crippen LogP contribution in [0.3, 0.4) is 0 Å². The molecule has 1 atom stereocenters. The first-order valence-electron chi connectivity index (χ1n) is 12.3. The molecule has 2 saturated heterocycles. The average Bonchev–Trinajstić information content (AvgIpc) is 3.07. The second-order valence-electron chi connectivity index (χ2n) is 10.3. The van der Waals surface area contributed by atoms with E-state index >= 15 is 0 Å². The van der Waals surface area contributed by atoms with Gasteiger partial charge in [-0.15, -0.1) is 0 Å². The van der Waals surface area contributed by atoms with E-state index in [0.717, 1.165) is 29.8 Å². The summed E-state index contributed by atoms with van der Waals surface area (Å²) in [7, 11) is 1.90. The van der Waals surface area contributed by atoms with Crippen LogP contribution in [0, 0.1) is 11.8 Å². The number of likely N-dealkylation sites (tertiary alicyclic amines) is 1. The Bertz CT molecular complexity index is 1120. The maximum atomic E-state index is 12.5. The van der Waals surface area contributed by atoms with Gasteiger partial charge in [-0.05, 0) is 52.2 Å². The number of rotatable bonds is 3. The number of fused-ring (bicyclic) bond motifs is 1. The summed E-state index contributed by atoms with van der Waals surface area (Å²) in [5.41, 5.74) is 2.04. The van der Waals surface area contributed by atoms with Crippen LogP contribution < -0.4 is 15.1 Å².